The molecule has 0 saturated carbocycles. The van der Waals surface area contributed by atoms with Gasteiger partial charge in [0.15, 0.2) is 17.3 Å². The predicted molar refractivity (Wildman–Crippen MR) is 70.1 cm³/mol. The number of hydrogen-bond donors (Lipinski definition) is 1. The molecule has 0 bridgehead atoms. The Morgan fingerprint density at radius 3 is 2.56 bits per heavy atom. The lowest BCUT2D eigenvalue weighted by Gasteiger charge is -2.09. The summed E-state index contributed by atoms with van der Waals surface area (Å²) in [5, 5.41) is 9.57. The van der Waals surface area contributed by atoms with Crippen LogP contribution in [-0.2, 0) is 0 Å². The molecule has 0 fully saturated rings. The first-order valence-corrected chi connectivity index (χ1v) is 5.61. The number of aromatic hydroxyl groups is 1. The second-order valence-electron chi connectivity index (χ2n) is 3.99. The number of benzene rings is 2. The summed E-state index contributed by atoms with van der Waals surface area (Å²) in [6.45, 7) is 1.54. The third-order valence-corrected chi connectivity index (χ3v) is 2.80. The van der Waals surface area contributed by atoms with Gasteiger partial charge >= 0.3 is 0 Å². The van der Waals surface area contributed by atoms with E-state index in [0.717, 1.165) is 11.1 Å². The van der Waals surface area contributed by atoms with Crippen LogP contribution < -0.4 is 4.74 Å². The van der Waals surface area contributed by atoms with E-state index < -0.39 is 0 Å². The van der Waals surface area contributed by atoms with Gasteiger partial charge in [-0.2, -0.15) is 0 Å². The van der Waals surface area contributed by atoms with Gasteiger partial charge < -0.3 is 9.84 Å². The minimum atomic E-state index is 0.0117. The van der Waals surface area contributed by atoms with Gasteiger partial charge in [0, 0.05) is 5.56 Å². The monoisotopic (exact) mass is 242 g/mol. The smallest absolute Gasteiger partial charge is 0.161 e. The van der Waals surface area contributed by atoms with Crippen LogP contribution in [0.3, 0.4) is 0 Å². The van der Waals surface area contributed by atoms with Crippen LogP contribution in [0.25, 0.3) is 11.1 Å². The Bertz CT molecular complexity index is 588. The maximum absolute atomic E-state index is 11.6. The first-order valence-electron chi connectivity index (χ1n) is 5.61. The van der Waals surface area contributed by atoms with Crippen molar-refractivity contribution in [1.82, 2.24) is 0 Å². The number of phenols is 1. The van der Waals surface area contributed by atoms with Crippen molar-refractivity contribution in [2.75, 3.05) is 7.11 Å². The van der Waals surface area contributed by atoms with Crippen LogP contribution in [0.2, 0.25) is 0 Å². The van der Waals surface area contributed by atoms with E-state index in [4.69, 9.17) is 4.74 Å². The lowest BCUT2D eigenvalue weighted by molar-refractivity contribution is 0.101. The SMILES string of the molecule is COc1cc(-c2ccccc2C(C)=O)ccc1O. The average molecular weight is 242 g/mol. The van der Waals surface area contributed by atoms with Gasteiger partial charge in [-0.3, -0.25) is 4.79 Å². The third kappa shape index (κ3) is 2.20. The highest BCUT2D eigenvalue weighted by molar-refractivity contribution is 6.00. The van der Waals surface area contributed by atoms with E-state index in [0.29, 0.717) is 11.3 Å². The molecular weight excluding hydrogens is 228 g/mol. The van der Waals surface area contributed by atoms with Crippen molar-refractivity contribution in [3.63, 3.8) is 0 Å². The Labute approximate surface area is 106 Å². The van der Waals surface area contributed by atoms with Crippen LogP contribution in [0.4, 0.5) is 0 Å². The normalized spacial score (nSPS) is 10.1. The van der Waals surface area contributed by atoms with E-state index in [9.17, 15) is 9.90 Å². The van der Waals surface area contributed by atoms with Crippen molar-refractivity contribution in [3.05, 3.63) is 48.0 Å². The summed E-state index contributed by atoms with van der Waals surface area (Å²) in [6, 6.07) is 12.4. The molecule has 2 aromatic carbocycles. The summed E-state index contributed by atoms with van der Waals surface area (Å²) >= 11 is 0. The molecule has 0 aromatic heterocycles. The minimum absolute atomic E-state index is 0.0117. The first-order chi connectivity index (χ1) is 8.63. The van der Waals surface area contributed by atoms with E-state index in [-0.39, 0.29) is 11.5 Å². The second-order valence-corrected chi connectivity index (χ2v) is 3.99. The number of ether oxygens (including phenoxy) is 1. The van der Waals surface area contributed by atoms with Gasteiger partial charge in [0.05, 0.1) is 7.11 Å². The number of hydrogen-bond acceptors (Lipinski definition) is 3. The summed E-state index contributed by atoms with van der Waals surface area (Å²) in [7, 11) is 1.50. The fraction of sp³-hybridized carbons (Fsp3) is 0.133. The quantitative estimate of drug-likeness (QED) is 0.840. The highest BCUT2D eigenvalue weighted by atomic mass is 16.5. The number of ketones is 1. The highest BCUT2D eigenvalue weighted by Crippen LogP contribution is 2.32. The summed E-state index contributed by atoms with van der Waals surface area (Å²) in [5.74, 6) is 0.491. The lowest BCUT2D eigenvalue weighted by atomic mass is 9.97. The van der Waals surface area contributed by atoms with Crippen LogP contribution >= 0.6 is 0 Å². The molecule has 18 heavy (non-hydrogen) atoms. The zero-order valence-electron chi connectivity index (χ0n) is 10.3. The summed E-state index contributed by atoms with van der Waals surface area (Å²) < 4.78 is 5.07. The maximum Gasteiger partial charge on any atom is 0.161 e. The van der Waals surface area contributed by atoms with E-state index in [1.165, 1.54) is 14.0 Å². The van der Waals surface area contributed by atoms with Gasteiger partial charge in [-0.05, 0) is 30.2 Å². The van der Waals surface area contributed by atoms with Crippen molar-refractivity contribution >= 4 is 5.78 Å². The van der Waals surface area contributed by atoms with Gasteiger partial charge in [0.25, 0.3) is 0 Å². The molecule has 0 unspecified atom stereocenters. The Balaban J connectivity index is 2.58. The van der Waals surface area contributed by atoms with Gasteiger partial charge in [-0.25, -0.2) is 0 Å². The van der Waals surface area contributed by atoms with E-state index >= 15 is 0 Å². The summed E-state index contributed by atoms with van der Waals surface area (Å²) in [4.78, 5) is 11.6. The molecule has 2 rings (SSSR count). The molecule has 0 aliphatic carbocycles. The molecule has 3 heteroatoms. The van der Waals surface area contributed by atoms with Crippen LogP contribution in [0.15, 0.2) is 42.5 Å². The Hall–Kier alpha value is -2.29. The molecular formula is C15H14O3. The number of methoxy groups -OCH3 is 1. The summed E-state index contributed by atoms with van der Waals surface area (Å²) in [5.41, 5.74) is 2.34. The fourth-order valence-electron chi connectivity index (χ4n) is 1.89. The second kappa shape index (κ2) is 4.92. The zero-order valence-corrected chi connectivity index (χ0v) is 10.3. The Morgan fingerprint density at radius 2 is 1.89 bits per heavy atom. The van der Waals surface area contributed by atoms with Crippen LogP contribution in [0.1, 0.15) is 17.3 Å². The average Bonchev–Trinajstić information content (AvgIpc) is 2.39. The van der Waals surface area contributed by atoms with Crippen molar-refractivity contribution in [3.8, 4) is 22.6 Å². The molecule has 0 aliphatic heterocycles. The Kier molecular flexibility index (Phi) is 3.33. The minimum Gasteiger partial charge on any atom is -0.504 e. The van der Waals surface area contributed by atoms with E-state index in [1.807, 2.05) is 18.2 Å². The van der Waals surface area contributed by atoms with Crippen LogP contribution in [-0.4, -0.2) is 18.0 Å². The maximum atomic E-state index is 11.6. The molecule has 0 aliphatic rings. The zero-order chi connectivity index (χ0) is 13.1. The fourth-order valence-corrected chi connectivity index (χ4v) is 1.89. The van der Waals surface area contributed by atoms with Crippen LogP contribution in [0.5, 0.6) is 11.5 Å². The standard InChI is InChI=1S/C15H14O3/c1-10(16)12-5-3-4-6-13(12)11-7-8-14(17)15(9-11)18-2/h3-9,17H,1-2H3. The molecule has 2 aromatic rings. The molecule has 0 heterocycles. The van der Waals surface area contributed by atoms with Crippen molar-refractivity contribution in [1.29, 1.82) is 0 Å². The van der Waals surface area contributed by atoms with Gasteiger partial charge in [-0.1, -0.05) is 30.3 Å². The van der Waals surface area contributed by atoms with E-state index in [1.54, 1.807) is 24.3 Å². The van der Waals surface area contributed by atoms with E-state index in [2.05, 4.69) is 0 Å². The molecule has 92 valence electrons. The van der Waals surface area contributed by atoms with Crippen LogP contribution in [0, 0.1) is 0 Å². The number of carbonyl (C=O) groups is 1. The molecule has 1 N–H and O–H groups in total. The number of rotatable bonds is 3. The number of phenolic OH excluding ortho intramolecular Hbond substituents is 1. The summed E-state index contributed by atoms with van der Waals surface area (Å²) in [6.07, 6.45) is 0. The number of Topliss-reactive ketones (excluding diaryl/α,β-unsaturated/α-hetero) is 1. The largest absolute Gasteiger partial charge is 0.504 e. The molecule has 3 nitrogen and oxygen atoms in total. The first kappa shape index (κ1) is 12.2. The lowest BCUT2D eigenvalue weighted by Crippen LogP contribution is -1.95. The number of carbonyl (C=O) groups excluding carboxylic acids is 1. The third-order valence-electron chi connectivity index (χ3n) is 2.80. The highest BCUT2D eigenvalue weighted by Gasteiger charge is 2.10. The van der Waals surface area contributed by atoms with Gasteiger partial charge in [-0.15, -0.1) is 0 Å². The molecule has 0 atom stereocenters. The topological polar surface area (TPSA) is 46.5 Å². The van der Waals surface area contributed by atoms with Crippen molar-refractivity contribution in [2.45, 2.75) is 6.92 Å². The molecule has 0 spiro atoms. The predicted octanol–water partition coefficient (Wildman–Crippen LogP) is 3.27. The molecule has 0 amide bonds. The van der Waals surface area contributed by atoms with Crippen molar-refractivity contribution in [2.24, 2.45) is 0 Å². The van der Waals surface area contributed by atoms with Gasteiger partial charge in [0.2, 0.25) is 0 Å². The molecule has 0 radical (unpaired) electrons. The molecule has 0 saturated heterocycles. The van der Waals surface area contributed by atoms with Crippen molar-refractivity contribution < 1.29 is 14.6 Å². The Morgan fingerprint density at radius 1 is 1.17 bits per heavy atom. The van der Waals surface area contributed by atoms with Gasteiger partial charge in [0.1, 0.15) is 0 Å².